The lowest BCUT2D eigenvalue weighted by Crippen LogP contribution is -2.45. The van der Waals surface area contributed by atoms with Crippen LogP contribution in [0.3, 0.4) is 0 Å². The zero-order valence-electron chi connectivity index (χ0n) is 17.0. The molecule has 0 aliphatic heterocycles. The smallest absolute Gasteiger partial charge is 0.253 e. The van der Waals surface area contributed by atoms with Gasteiger partial charge < -0.3 is 16.0 Å². The van der Waals surface area contributed by atoms with Crippen LogP contribution in [-0.4, -0.2) is 37.4 Å². The van der Waals surface area contributed by atoms with Crippen LogP contribution < -0.4 is 16.0 Å². The molecule has 2 aromatic rings. The van der Waals surface area contributed by atoms with Gasteiger partial charge in [-0.3, -0.25) is 14.4 Å². The Morgan fingerprint density at radius 2 is 1.48 bits per heavy atom. The lowest BCUT2D eigenvalue weighted by atomic mass is 9.79. The Bertz CT molecular complexity index is 944. The van der Waals surface area contributed by atoms with E-state index in [-0.39, 0.29) is 35.0 Å². The SMILES string of the molecule is O=C(CNC(=O)CNC(=O)c1ccc(Cl)cc1Cl)NCC1(c2ccccc2)CCCC1. The Morgan fingerprint density at radius 3 is 2.16 bits per heavy atom. The summed E-state index contributed by atoms with van der Waals surface area (Å²) in [7, 11) is 0. The van der Waals surface area contributed by atoms with Gasteiger partial charge in [0.1, 0.15) is 0 Å². The molecule has 1 fully saturated rings. The summed E-state index contributed by atoms with van der Waals surface area (Å²) in [5.74, 6) is -1.22. The second-order valence-electron chi connectivity index (χ2n) is 7.71. The maximum absolute atomic E-state index is 12.3. The molecular formula is C23H25Cl2N3O3. The second kappa shape index (κ2) is 10.6. The molecule has 1 saturated carbocycles. The van der Waals surface area contributed by atoms with Crippen LogP contribution in [0.1, 0.15) is 41.6 Å². The molecule has 31 heavy (non-hydrogen) atoms. The molecule has 0 saturated heterocycles. The molecule has 0 spiro atoms. The molecule has 1 aliphatic rings. The predicted molar refractivity (Wildman–Crippen MR) is 121 cm³/mol. The standard InChI is InChI=1S/C23H25Cl2N3O3/c24-17-8-9-18(19(25)12-17)22(31)27-14-20(29)26-13-21(30)28-15-23(10-4-5-11-23)16-6-2-1-3-7-16/h1-3,6-9,12H,4-5,10-11,13-15H2,(H,26,29)(H,27,31)(H,28,30). The van der Waals surface area contributed by atoms with Crippen molar-refractivity contribution < 1.29 is 14.4 Å². The van der Waals surface area contributed by atoms with Gasteiger partial charge in [-0.2, -0.15) is 0 Å². The van der Waals surface area contributed by atoms with E-state index in [0.29, 0.717) is 11.6 Å². The lowest BCUT2D eigenvalue weighted by Gasteiger charge is -2.30. The molecule has 0 heterocycles. The van der Waals surface area contributed by atoms with Crippen LogP contribution in [0.4, 0.5) is 0 Å². The molecule has 2 aromatic carbocycles. The third-order valence-electron chi connectivity index (χ3n) is 5.60. The Morgan fingerprint density at radius 1 is 0.839 bits per heavy atom. The fraction of sp³-hybridized carbons (Fsp3) is 0.348. The second-order valence-corrected chi connectivity index (χ2v) is 8.56. The minimum absolute atomic E-state index is 0.0489. The molecule has 8 heteroatoms. The number of hydrogen-bond acceptors (Lipinski definition) is 3. The topological polar surface area (TPSA) is 87.3 Å². The van der Waals surface area contributed by atoms with Gasteiger partial charge in [-0.25, -0.2) is 0 Å². The molecular weight excluding hydrogens is 437 g/mol. The van der Waals surface area contributed by atoms with Gasteiger partial charge >= 0.3 is 0 Å². The molecule has 6 nitrogen and oxygen atoms in total. The van der Waals surface area contributed by atoms with Gasteiger partial charge in [0, 0.05) is 17.0 Å². The third-order valence-corrected chi connectivity index (χ3v) is 6.15. The largest absolute Gasteiger partial charge is 0.354 e. The molecule has 0 radical (unpaired) electrons. The highest BCUT2D eigenvalue weighted by atomic mass is 35.5. The van der Waals surface area contributed by atoms with Crippen molar-refractivity contribution in [1.82, 2.24) is 16.0 Å². The van der Waals surface area contributed by atoms with E-state index in [4.69, 9.17) is 23.2 Å². The summed E-state index contributed by atoms with van der Waals surface area (Å²) < 4.78 is 0. The highest BCUT2D eigenvalue weighted by Crippen LogP contribution is 2.40. The van der Waals surface area contributed by atoms with E-state index in [2.05, 4.69) is 28.1 Å². The average Bonchev–Trinajstić information content (AvgIpc) is 3.25. The maximum Gasteiger partial charge on any atom is 0.253 e. The molecule has 0 aromatic heterocycles. The molecule has 3 N–H and O–H groups in total. The van der Waals surface area contributed by atoms with E-state index >= 15 is 0 Å². The molecule has 0 bridgehead atoms. The van der Waals surface area contributed by atoms with E-state index in [1.807, 2.05) is 18.2 Å². The van der Waals surface area contributed by atoms with Crippen LogP contribution in [0, 0.1) is 0 Å². The first-order chi connectivity index (χ1) is 14.9. The molecule has 0 atom stereocenters. The minimum Gasteiger partial charge on any atom is -0.354 e. The lowest BCUT2D eigenvalue weighted by molar-refractivity contribution is -0.125. The van der Waals surface area contributed by atoms with Crippen molar-refractivity contribution in [3.8, 4) is 0 Å². The number of hydrogen-bond donors (Lipinski definition) is 3. The van der Waals surface area contributed by atoms with Gasteiger partial charge in [-0.1, -0.05) is 66.4 Å². The third kappa shape index (κ3) is 6.21. The van der Waals surface area contributed by atoms with Crippen LogP contribution in [0.15, 0.2) is 48.5 Å². The summed E-state index contributed by atoms with van der Waals surface area (Å²) in [6.07, 6.45) is 4.34. The van der Waals surface area contributed by atoms with E-state index in [1.165, 1.54) is 17.7 Å². The van der Waals surface area contributed by atoms with Gasteiger partial charge in [0.2, 0.25) is 11.8 Å². The van der Waals surface area contributed by atoms with Crippen molar-refractivity contribution >= 4 is 40.9 Å². The summed E-state index contributed by atoms with van der Waals surface area (Å²) >= 11 is 11.8. The van der Waals surface area contributed by atoms with Crippen molar-refractivity contribution in [3.05, 3.63) is 69.7 Å². The van der Waals surface area contributed by atoms with E-state index in [0.717, 1.165) is 25.7 Å². The summed E-state index contributed by atoms with van der Waals surface area (Å²) in [6, 6.07) is 14.7. The molecule has 1 aliphatic carbocycles. The van der Waals surface area contributed by atoms with E-state index < -0.39 is 11.8 Å². The van der Waals surface area contributed by atoms with Crippen LogP contribution in [0.2, 0.25) is 10.0 Å². The minimum atomic E-state index is -0.493. The summed E-state index contributed by atoms with van der Waals surface area (Å²) in [5.41, 5.74) is 1.41. The number of carbonyl (C=O) groups excluding carboxylic acids is 3. The molecule has 164 valence electrons. The number of benzene rings is 2. The quantitative estimate of drug-likeness (QED) is 0.562. The zero-order valence-corrected chi connectivity index (χ0v) is 18.6. The number of amides is 3. The van der Waals surface area contributed by atoms with Gasteiger partial charge in [0.15, 0.2) is 0 Å². The van der Waals surface area contributed by atoms with Crippen LogP contribution in [0.25, 0.3) is 0 Å². The first kappa shape index (κ1) is 23.1. The maximum atomic E-state index is 12.3. The van der Waals surface area contributed by atoms with Crippen LogP contribution >= 0.6 is 23.2 Å². The zero-order chi connectivity index (χ0) is 22.3. The highest BCUT2D eigenvalue weighted by molar-refractivity contribution is 6.36. The van der Waals surface area contributed by atoms with Crippen molar-refractivity contribution in [2.75, 3.05) is 19.6 Å². The van der Waals surface area contributed by atoms with Crippen LogP contribution in [0.5, 0.6) is 0 Å². The summed E-state index contributed by atoms with van der Waals surface area (Å²) in [6.45, 7) is 0.123. The number of rotatable bonds is 8. The number of carbonyl (C=O) groups is 3. The van der Waals surface area contributed by atoms with Gasteiger partial charge in [0.05, 0.1) is 23.7 Å². The monoisotopic (exact) mass is 461 g/mol. The van der Waals surface area contributed by atoms with E-state index in [9.17, 15) is 14.4 Å². The average molecular weight is 462 g/mol. The fourth-order valence-electron chi connectivity index (χ4n) is 3.91. The molecule has 3 rings (SSSR count). The first-order valence-electron chi connectivity index (χ1n) is 10.2. The fourth-order valence-corrected chi connectivity index (χ4v) is 4.41. The Kier molecular flexibility index (Phi) is 7.93. The number of halogens is 2. The predicted octanol–water partition coefficient (Wildman–Crippen LogP) is 3.47. The summed E-state index contributed by atoms with van der Waals surface area (Å²) in [4.78, 5) is 36.4. The number of nitrogens with one attached hydrogen (secondary N) is 3. The Balaban J connectivity index is 1.43. The van der Waals surface area contributed by atoms with Crippen molar-refractivity contribution in [3.63, 3.8) is 0 Å². The highest BCUT2D eigenvalue weighted by Gasteiger charge is 2.35. The van der Waals surface area contributed by atoms with Crippen molar-refractivity contribution in [2.24, 2.45) is 0 Å². The Labute approximate surface area is 191 Å². The van der Waals surface area contributed by atoms with Crippen molar-refractivity contribution in [2.45, 2.75) is 31.1 Å². The van der Waals surface area contributed by atoms with Crippen molar-refractivity contribution in [1.29, 1.82) is 0 Å². The summed E-state index contributed by atoms with van der Waals surface area (Å²) in [5, 5.41) is 8.56. The Hall–Kier alpha value is -2.57. The molecule has 0 unspecified atom stereocenters. The van der Waals surface area contributed by atoms with E-state index in [1.54, 1.807) is 6.07 Å². The normalized spacial score (nSPS) is 14.6. The van der Waals surface area contributed by atoms with Gasteiger partial charge in [-0.15, -0.1) is 0 Å². The molecule has 3 amide bonds. The van der Waals surface area contributed by atoms with Crippen LogP contribution in [-0.2, 0) is 15.0 Å². The first-order valence-corrected chi connectivity index (χ1v) is 11.0. The van der Waals surface area contributed by atoms with Gasteiger partial charge in [-0.05, 0) is 36.6 Å². The van der Waals surface area contributed by atoms with Gasteiger partial charge in [0.25, 0.3) is 5.91 Å².